The lowest BCUT2D eigenvalue weighted by Gasteiger charge is -2.17. The lowest BCUT2D eigenvalue weighted by Crippen LogP contribution is -2.00. The van der Waals surface area contributed by atoms with Gasteiger partial charge in [0.05, 0.1) is 41.2 Å². The fraction of sp³-hybridized carbons (Fsp3) is 0.294. The highest BCUT2D eigenvalue weighted by Crippen LogP contribution is 2.44. The van der Waals surface area contributed by atoms with E-state index in [0.29, 0.717) is 28.7 Å². The van der Waals surface area contributed by atoms with Crippen LogP contribution in [0.15, 0.2) is 30.3 Å². The molecular weight excluding hydrogens is 298 g/mol. The third kappa shape index (κ3) is 3.53. The molecular formula is C17H21NO5. The molecule has 1 N–H and O–H groups in total. The molecule has 0 aliphatic heterocycles. The lowest BCUT2D eigenvalue weighted by molar-refractivity contribution is 0.325. The summed E-state index contributed by atoms with van der Waals surface area (Å²) in [7, 11) is 7.94. The van der Waals surface area contributed by atoms with Crippen LogP contribution < -0.4 is 29.0 Å². The zero-order valence-electron chi connectivity index (χ0n) is 13.9. The van der Waals surface area contributed by atoms with Crippen LogP contribution in [0.2, 0.25) is 0 Å². The van der Waals surface area contributed by atoms with Crippen molar-refractivity contribution in [3.05, 3.63) is 30.3 Å². The number of nitrogens with one attached hydrogen (secondary N) is 1. The van der Waals surface area contributed by atoms with E-state index in [-0.39, 0.29) is 0 Å². The van der Waals surface area contributed by atoms with Crippen molar-refractivity contribution >= 4 is 11.4 Å². The van der Waals surface area contributed by atoms with Gasteiger partial charge in [0.15, 0.2) is 11.5 Å². The summed E-state index contributed by atoms with van der Waals surface area (Å²) in [5.74, 6) is 3.04. The number of benzene rings is 2. The average Bonchev–Trinajstić information content (AvgIpc) is 2.60. The first-order valence-electron chi connectivity index (χ1n) is 6.95. The maximum atomic E-state index is 5.47. The molecule has 2 rings (SSSR count). The summed E-state index contributed by atoms with van der Waals surface area (Å²) in [4.78, 5) is 0. The molecule has 2 aromatic rings. The molecule has 0 amide bonds. The Labute approximate surface area is 135 Å². The van der Waals surface area contributed by atoms with Crippen LogP contribution >= 0.6 is 0 Å². The van der Waals surface area contributed by atoms with Crippen molar-refractivity contribution in [2.45, 2.75) is 0 Å². The van der Waals surface area contributed by atoms with Crippen molar-refractivity contribution in [2.75, 3.05) is 40.9 Å². The SMILES string of the molecule is COc1cc(Nc2ccc(OC)c(OC)c2OC)cc(OC)c1. The third-order valence-electron chi connectivity index (χ3n) is 3.33. The van der Waals surface area contributed by atoms with Crippen LogP contribution in [0.3, 0.4) is 0 Å². The van der Waals surface area contributed by atoms with Gasteiger partial charge in [-0.05, 0) is 12.1 Å². The van der Waals surface area contributed by atoms with Gasteiger partial charge < -0.3 is 29.0 Å². The Morgan fingerprint density at radius 2 is 1.26 bits per heavy atom. The van der Waals surface area contributed by atoms with Crippen LogP contribution in [0, 0.1) is 0 Å². The topological polar surface area (TPSA) is 58.2 Å². The van der Waals surface area contributed by atoms with E-state index in [4.69, 9.17) is 23.7 Å². The summed E-state index contributed by atoms with van der Waals surface area (Å²) in [6.45, 7) is 0. The van der Waals surface area contributed by atoms with Gasteiger partial charge >= 0.3 is 0 Å². The van der Waals surface area contributed by atoms with E-state index < -0.39 is 0 Å². The molecule has 0 bridgehead atoms. The van der Waals surface area contributed by atoms with E-state index in [1.807, 2.05) is 18.2 Å². The normalized spacial score (nSPS) is 9.96. The Morgan fingerprint density at radius 1 is 0.652 bits per heavy atom. The van der Waals surface area contributed by atoms with Gasteiger partial charge in [0.1, 0.15) is 11.5 Å². The van der Waals surface area contributed by atoms with Gasteiger partial charge in [0.2, 0.25) is 5.75 Å². The molecule has 0 unspecified atom stereocenters. The van der Waals surface area contributed by atoms with Gasteiger partial charge in [-0.1, -0.05) is 0 Å². The average molecular weight is 319 g/mol. The molecule has 124 valence electrons. The zero-order chi connectivity index (χ0) is 16.8. The van der Waals surface area contributed by atoms with Crippen LogP contribution in [0.25, 0.3) is 0 Å². The van der Waals surface area contributed by atoms with E-state index in [1.54, 1.807) is 47.7 Å². The van der Waals surface area contributed by atoms with Gasteiger partial charge in [-0.25, -0.2) is 0 Å². The Bertz CT molecular complexity index is 650. The van der Waals surface area contributed by atoms with Gasteiger partial charge in [-0.2, -0.15) is 0 Å². The maximum Gasteiger partial charge on any atom is 0.205 e. The molecule has 0 aliphatic carbocycles. The Balaban J connectivity index is 2.44. The smallest absolute Gasteiger partial charge is 0.205 e. The predicted molar refractivity (Wildman–Crippen MR) is 88.9 cm³/mol. The predicted octanol–water partition coefficient (Wildman–Crippen LogP) is 3.47. The fourth-order valence-electron chi connectivity index (χ4n) is 2.23. The summed E-state index contributed by atoms with van der Waals surface area (Å²) < 4.78 is 26.7. The molecule has 6 heteroatoms. The first-order chi connectivity index (χ1) is 11.2. The Kier molecular flexibility index (Phi) is 5.41. The minimum atomic E-state index is 0.523. The van der Waals surface area contributed by atoms with Crippen molar-refractivity contribution in [1.29, 1.82) is 0 Å². The van der Waals surface area contributed by atoms with Gasteiger partial charge in [0.25, 0.3) is 0 Å². The molecule has 0 spiro atoms. The maximum absolute atomic E-state index is 5.47. The second-order valence-electron chi connectivity index (χ2n) is 4.61. The standard InChI is InChI=1S/C17H21NO5/c1-19-12-8-11(9-13(10-12)20-2)18-14-6-7-15(21-3)17(23-5)16(14)22-4/h6-10,18H,1-5H3. The van der Waals surface area contributed by atoms with Crippen LogP contribution in [-0.2, 0) is 0 Å². The molecule has 0 aliphatic rings. The Morgan fingerprint density at radius 3 is 1.74 bits per heavy atom. The molecule has 0 saturated heterocycles. The van der Waals surface area contributed by atoms with Crippen molar-refractivity contribution in [1.82, 2.24) is 0 Å². The molecule has 0 fully saturated rings. The number of hydrogen-bond donors (Lipinski definition) is 1. The molecule has 2 aromatic carbocycles. The summed E-state index contributed by atoms with van der Waals surface area (Å²) in [6, 6.07) is 9.18. The first kappa shape index (κ1) is 16.6. The van der Waals surface area contributed by atoms with Crippen LogP contribution in [0.5, 0.6) is 28.7 Å². The highest BCUT2D eigenvalue weighted by atomic mass is 16.5. The third-order valence-corrected chi connectivity index (χ3v) is 3.33. The number of anilines is 2. The summed E-state index contributed by atoms with van der Waals surface area (Å²) in [6.07, 6.45) is 0. The summed E-state index contributed by atoms with van der Waals surface area (Å²) in [5, 5.41) is 3.28. The number of hydrogen-bond acceptors (Lipinski definition) is 6. The van der Waals surface area contributed by atoms with Crippen molar-refractivity contribution in [3.8, 4) is 28.7 Å². The van der Waals surface area contributed by atoms with Gasteiger partial charge in [-0.3, -0.25) is 0 Å². The van der Waals surface area contributed by atoms with Crippen molar-refractivity contribution < 1.29 is 23.7 Å². The van der Waals surface area contributed by atoms with Crippen LogP contribution in [0.1, 0.15) is 0 Å². The van der Waals surface area contributed by atoms with E-state index in [2.05, 4.69) is 5.32 Å². The van der Waals surface area contributed by atoms with Crippen molar-refractivity contribution in [2.24, 2.45) is 0 Å². The molecule has 6 nitrogen and oxygen atoms in total. The molecule has 0 heterocycles. The van der Waals surface area contributed by atoms with Gasteiger partial charge in [-0.15, -0.1) is 0 Å². The minimum Gasteiger partial charge on any atom is -0.497 e. The highest BCUT2D eigenvalue weighted by molar-refractivity contribution is 5.74. The van der Waals surface area contributed by atoms with Crippen LogP contribution in [-0.4, -0.2) is 35.5 Å². The molecule has 0 radical (unpaired) electrons. The second kappa shape index (κ2) is 7.49. The van der Waals surface area contributed by atoms with E-state index in [9.17, 15) is 0 Å². The van der Waals surface area contributed by atoms with E-state index in [0.717, 1.165) is 11.4 Å². The summed E-state index contributed by atoms with van der Waals surface area (Å²) in [5.41, 5.74) is 1.53. The quantitative estimate of drug-likeness (QED) is 0.843. The number of ether oxygens (including phenoxy) is 5. The Hall–Kier alpha value is -2.76. The molecule has 0 aromatic heterocycles. The number of methoxy groups -OCH3 is 5. The first-order valence-corrected chi connectivity index (χ1v) is 6.95. The fourth-order valence-corrected chi connectivity index (χ4v) is 2.23. The largest absolute Gasteiger partial charge is 0.497 e. The van der Waals surface area contributed by atoms with E-state index in [1.165, 1.54) is 0 Å². The highest BCUT2D eigenvalue weighted by Gasteiger charge is 2.16. The molecule has 23 heavy (non-hydrogen) atoms. The van der Waals surface area contributed by atoms with E-state index >= 15 is 0 Å². The van der Waals surface area contributed by atoms with Crippen LogP contribution in [0.4, 0.5) is 11.4 Å². The minimum absolute atomic E-state index is 0.523. The molecule has 0 saturated carbocycles. The second-order valence-corrected chi connectivity index (χ2v) is 4.61. The number of rotatable bonds is 7. The van der Waals surface area contributed by atoms with Gasteiger partial charge in [0, 0.05) is 23.9 Å². The lowest BCUT2D eigenvalue weighted by atomic mass is 10.2. The summed E-state index contributed by atoms with van der Waals surface area (Å²) >= 11 is 0. The molecule has 0 atom stereocenters. The zero-order valence-corrected chi connectivity index (χ0v) is 13.9. The monoisotopic (exact) mass is 319 g/mol. The van der Waals surface area contributed by atoms with Crippen molar-refractivity contribution in [3.63, 3.8) is 0 Å².